The molecule has 0 aliphatic carbocycles. The Labute approximate surface area is 189 Å². The Kier molecular flexibility index (Phi) is 7.86. The first kappa shape index (κ1) is 23.0. The molecule has 1 unspecified atom stereocenters. The topological polar surface area (TPSA) is 70.7 Å². The summed E-state index contributed by atoms with van der Waals surface area (Å²) in [4.78, 5) is 19.1. The van der Waals surface area contributed by atoms with E-state index in [1.165, 1.54) is 4.88 Å². The number of rotatable bonds is 10. The molecular formula is C25H32N4OS. The first-order valence-corrected chi connectivity index (χ1v) is 12.1. The second kappa shape index (κ2) is 10.6. The third kappa shape index (κ3) is 5.54. The summed E-state index contributed by atoms with van der Waals surface area (Å²) in [5, 5.41) is 14.2. The summed E-state index contributed by atoms with van der Waals surface area (Å²) in [7, 11) is 0. The van der Waals surface area contributed by atoms with Gasteiger partial charge < -0.3 is 9.88 Å². The van der Waals surface area contributed by atoms with Crippen molar-refractivity contribution in [3.8, 4) is 6.07 Å². The number of nitrogens with zero attached hydrogens (tertiary/aromatic N) is 3. The lowest BCUT2D eigenvalue weighted by atomic mass is 10.0. The zero-order chi connectivity index (χ0) is 22.4. The van der Waals surface area contributed by atoms with Crippen molar-refractivity contribution in [2.75, 3.05) is 0 Å². The molecule has 5 nitrogen and oxygen atoms in total. The third-order valence-electron chi connectivity index (χ3n) is 5.67. The molecule has 3 rings (SSSR count). The van der Waals surface area contributed by atoms with Crippen LogP contribution in [0.15, 0.2) is 35.7 Å². The molecule has 1 N–H and O–H groups in total. The number of nitrogens with one attached hydrogen (secondary N) is 1. The second-order valence-electron chi connectivity index (χ2n) is 8.49. The molecule has 0 spiro atoms. The van der Waals surface area contributed by atoms with Crippen LogP contribution in [-0.2, 0) is 6.42 Å². The van der Waals surface area contributed by atoms with E-state index in [9.17, 15) is 4.79 Å². The predicted molar refractivity (Wildman–Crippen MR) is 127 cm³/mol. The number of hydrogen-bond donors (Lipinski definition) is 1. The van der Waals surface area contributed by atoms with Crippen LogP contribution in [0.4, 0.5) is 0 Å². The highest BCUT2D eigenvalue weighted by atomic mass is 32.1. The number of imidazole rings is 1. The average Bonchev–Trinajstić information content (AvgIpc) is 3.36. The molecule has 1 aromatic carbocycles. The Bertz CT molecular complexity index is 1040. The molecule has 1 atom stereocenters. The fourth-order valence-electron chi connectivity index (χ4n) is 4.19. The molecule has 6 heteroatoms. The van der Waals surface area contributed by atoms with E-state index in [0.29, 0.717) is 23.9 Å². The summed E-state index contributed by atoms with van der Waals surface area (Å²) in [5.41, 5.74) is 2.52. The predicted octanol–water partition coefficient (Wildman–Crippen LogP) is 6.11. The molecule has 2 aromatic heterocycles. The van der Waals surface area contributed by atoms with Crippen LogP contribution in [0.3, 0.4) is 0 Å². The molecule has 0 aliphatic heterocycles. The number of hydrogen-bond acceptors (Lipinski definition) is 4. The summed E-state index contributed by atoms with van der Waals surface area (Å²) < 4.78 is 2.36. The van der Waals surface area contributed by atoms with Crippen molar-refractivity contribution >= 4 is 28.3 Å². The van der Waals surface area contributed by atoms with E-state index >= 15 is 0 Å². The number of carbonyl (C=O) groups excluding carboxylic acids is 1. The number of carbonyl (C=O) groups is 1. The van der Waals surface area contributed by atoms with Gasteiger partial charge in [0.25, 0.3) is 5.91 Å². The van der Waals surface area contributed by atoms with Gasteiger partial charge in [-0.1, -0.05) is 33.8 Å². The first-order chi connectivity index (χ1) is 15.0. The van der Waals surface area contributed by atoms with Gasteiger partial charge in [-0.2, -0.15) is 5.26 Å². The van der Waals surface area contributed by atoms with E-state index in [1.807, 2.05) is 18.2 Å². The quantitative estimate of drug-likeness (QED) is 0.417. The minimum absolute atomic E-state index is 0.135. The Morgan fingerprint density at radius 3 is 2.65 bits per heavy atom. The van der Waals surface area contributed by atoms with Crippen molar-refractivity contribution in [1.82, 2.24) is 14.9 Å². The van der Waals surface area contributed by atoms with E-state index in [1.54, 1.807) is 11.3 Å². The normalized spacial score (nSPS) is 12.4. The van der Waals surface area contributed by atoms with Gasteiger partial charge in [-0.25, -0.2) is 4.98 Å². The maximum absolute atomic E-state index is 12.9. The van der Waals surface area contributed by atoms with Crippen LogP contribution in [0.2, 0.25) is 0 Å². The van der Waals surface area contributed by atoms with Crippen LogP contribution in [-0.4, -0.2) is 21.5 Å². The molecule has 2 heterocycles. The van der Waals surface area contributed by atoms with Crippen molar-refractivity contribution in [3.05, 3.63) is 52.0 Å². The SMILES string of the molecule is CCC(CC)n1c(Cc2cccs2)nc2cc(C(=O)NC(CC#N)CC(C)C)ccc21. The van der Waals surface area contributed by atoms with E-state index in [-0.39, 0.29) is 11.9 Å². The average molecular weight is 437 g/mol. The standard InChI is InChI=1S/C25H32N4OS/c1-5-20(6-2)29-23-10-9-18(25(30)27-19(11-12-26)14-17(3)4)15-22(23)28-24(29)16-21-8-7-13-31-21/h7-10,13,15,17,19-20H,5-6,11,14,16H2,1-4H3,(H,27,30). The molecule has 0 radical (unpaired) electrons. The van der Waals surface area contributed by atoms with Gasteiger partial charge in [0.1, 0.15) is 5.82 Å². The molecule has 0 saturated heterocycles. The Hall–Kier alpha value is -2.65. The van der Waals surface area contributed by atoms with Crippen molar-refractivity contribution in [3.63, 3.8) is 0 Å². The smallest absolute Gasteiger partial charge is 0.251 e. The summed E-state index contributed by atoms with van der Waals surface area (Å²) in [6, 6.07) is 12.4. The number of nitriles is 1. The fraction of sp³-hybridized carbons (Fsp3) is 0.480. The molecule has 0 aliphatic rings. The summed E-state index contributed by atoms with van der Waals surface area (Å²) in [6.07, 6.45) is 3.97. The molecule has 1 amide bonds. The number of amides is 1. The van der Waals surface area contributed by atoms with Gasteiger partial charge >= 0.3 is 0 Å². The van der Waals surface area contributed by atoms with Gasteiger partial charge in [-0.15, -0.1) is 11.3 Å². The maximum atomic E-state index is 12.9. The molecular weight excluding hydrogens is 404 g/mol. The van der Waals surface area contributed by atoms with Gasteiger partial charge in [0.15, 0.2) is 0 Å². The third-order valence-corrected chi connectivity index (χ3v) is 6.55. The highest BCUT2D eigenvalue weighted by Crippen LogP contribution is 2.28. The number of fused-ring (bicyclic) bond motifs is 1. The van der Waals surface area contributed by atoms with Gasteiger partial charge in [0, 0.05) is 28.9 Å². The molecule has 3 aromatic rings. The Balaban J connectivity index is 1.94. The summed E-state index contributed by atoms with van der Waals surface area (Å²) >= 11 is 1.74. The highest BCUT2D eigenvalue weighted by Gasteiger charge is 2.20. The molecule has 31 heavy (non-hydrogen) atoms. The zero-order valence-electron chi connectivity index (χ0n) is 18.9. The molecule has 0 fully saturated rings. The Morgan fingerprint density at radius 2 is 2.03 bits per heavy atom. The minimum atomic E-state index is -0.139. The zero-order valence-corrected chi connectivity index (χ0v) is 19.7. The summed E-state index contributed by atoms with van der Waals surface area (Å²) in [5.74, 6) is 1.32. The molecule has 0 saturated carbocycles. The van der Waals surface area contributed by atoms with Crippen molar-refractivity contribution < 1.29 is 4.79 Å². The van der Waals surface area contributed by atoms with Crippen molar-refractivity contribution in [2.24, 2.45) is 5.92 Å². The van der Waals surface area contributed by atoms with Crippen LogP contribution in [0, 0.1) is 17.2 Å². The monoisotopic (exact) mass is 436 g/mol. The maximum Gasteiger partial charge on any atom is 0.251 e. The van der Waals surface area contributed by atoms with Gasteiger partial charge in [-0.3, -0.25) is 4.79 Å². The summed E-state index contributed by atoms with van der Waals surface area (Å²) in [6.45, 7) is 8.62. The number of thiophene rings is 1. The van der Waals surface area contributed by atoms with Crippen LogP contribution in [0.25, 0.3) is 11.0 Å². The largest absolute Gasteiger partial charge is 0.348 e. The van der Waals surface area contributed by atoms with Gasteiger partial charge in [0.2, 0.25) is 0 Å². The van der Waals surface area contributed by atoms with Crippen LogP contribution >= 0.6 is 11.3 Å². The van der Waals surface area contributed by atoms with E-state index in [2.05, 4.69) is 61.2 Å². The van der Waals surface area contributed by atoms with Gasteiger partial charge in [0.05, 0.1) is 23.5 Å². The van der Waals surface area contributed by atoms with Crippen molar-refractivity contribution in [1.29, 1.82) is 5.26 Å². The molecule has 0 bridgehead atoms. The van der Waals surface area contributed by atoms with Crippen LogP contribution < -0.4 is 5.32 Å². The molecule has 164 valence electrons. The van der Waals surface area contributed by atoms with E-state index in [4.69, 9.17) is 10.2 Å². The number of aromatic nitrogens is 2. The van der Waals surface area contributed by atoms with Crippen molar-refractivity contribution in [2.45, 2.75) is 71.9 Å². The lowest BCUT2D eigenvalue weighted by molar-refractivity contribution is 0.0933. The second-order valence-corrected chi connectivity index (χ2v) is 9.52. The Morgan fingerprint density at radius 1 is 1.26 bits per heavy atom. The number of benzene rings is 1. The minimum Gasteiger partial charge on any atom is -0.348 e. The lowest BCUT2D eigenvalue weighted by Crippen LogP contribution is -2.35. The highest BCUT2D eigenvalue weighted by molar-refractivity contribution is 7.09. The van der Waals surface area contributed by atoms with Gasteiger partial charge in [-0.05, 0) is 54.8 Å². The van der Waals surface area contributed by atoms with Crippen LogP contribution in [0.1, 0.15) is 80.5 Å². The van der Waals surface area contributed by atoms with E-state index < -0.39 is 0 Å². The first-order valence-electron chi connectivity index (χ1n) is 11.2. The van der Waals surface area contributed by atoms with Crippen LogP contribution in [0.5, 0.6) is 0 Å². The lowest BCUT2D eigenvalue weighted by Gasteiger charge is -2.19. The van der Waals surface area contributed by atoms with E-state index in [0.717, 1.165) is 42.5 Å². The fourth-order valence-corrected chi connectivity index (χ4v) is 4.89.